The fourth-order valence-corrected chi connectivity index (χ4v) is 3.63. The van der Waals surface area contributed by atoms with Gasteiger partial charge in [-0.25, -0.2) is 0 Å². The predicted octanol–water partition coefficient (Wildman–Crippen LogP) is 4.80. The number of ether oxygens (including phenoxy) is 1. The number of carbonyl (C=O) groups is 2. The largest absolute Gasteiger partial charge is 0.496 e. The van der Waals surface area contributed by atoms with Crippen LogP contribution in [-0.4, -0.2) is 25.5 Å². The maximum absolute atomic E-state index is 12.9. The molecule has 6 heteroatoms. The maximum Gasteiger partial charge on any atom is 0.259 e. The number of amides is 2. The van der Waals surface area contributed by atoms with Gasteiger partial charge in [0, 0.05) is 28.5 Å². The van der Waals surface area contributed by atoms with Crippen LogP contribution in [0.2, 0.25) is 5.02 Å². The molecule has 0 saturated carbocycles. The molecule has 1 aliphatic rings. The summed E-state index contributed by atoms with van der Waals surface area (Å²) in [6.07, 6.45) is 0.859. The monoisotopic (exact) mass is 406 g/mol. The molecular formula is C23H19ClN2O3. The van der Waals surface area contributed by atoms with Gasteiger partial charge in [0.1, 0.15) is 5.75 Å². The quantitative estimate of drug-likeness (QED) is 0.676. The third-order valence-corrected chi connectivity index (χ3v) is 5.16. The first-order chi connectivity index (χ1) is 14.1. The number of nitrogens with one attached hydrogen (secondary N) is 1. The molecule has 0 bridgehead atoms. The van der Waals surface area contributed by atoms with Crippen molar-refractivity contribution in [2.45, 2.75) is 6.42 Å². The van der Waals surface area contributed by atoms with E-state index in [1.165, 1.54) is 12.7 Å². The fourth-order valence-electron chi connectivity index (χ4n) is 3.46. The van der Waals surface area contributed by atoms with Gasteiger partial charge in [-0.05, 0) is 60.5 Å². The highest BCUT2D eigenvalue weighted by molar-refractivity contribution is 6.31. The first-order valence-electron chi connectivity index (χ1n) is 9.21. The third kappa shape index (κ3) is 3.82. The summed E-state index contributed by atoms with van der Waals surface area (Å²) in [5, 5.41) is 3.26. The summed E-state index contributed by atoms with van der Waals surface area (Å²) in [7, 11) is 1.50. The number of halogens is 1. The van der Waals surface area contributed by atoms with Gasteiger partial charge in [0.15, 0.2) is 0 Å². The molecule has 29 heavy (non-hydrogen) atoms. The molecule has 5 nitrogen and oxygen atoms in total. The Morgan fingerprint density at radius 1 is 1.03 bits per heavy atom. The average molecular weight is 407 g/mol. The van der Waals surface area contributed by atoms with Crippen LogP contribution >= 0.6 is 11.6 Å². The molecule has 4 rings (SSSR count). The van der Waals surface area contributed by atoms with Gasteiger partial charge in [0.2, 0.25) is 0 Å². The van der Waals surface area contributed by atoms with E-state index in [2.05, 4.69) is 5.32 Å². The Morgan fingerprint density at radius 3 is 2.55 bits per heavy atom. The van der Waals surface area contributed by atoms with E-state index in [1.807, 2.05) is 24.3 Å². The minimum Gasteiger partial charge on any atom is -0.496 e. The first kappa shape index (κ1) is 19.0. The molecule has 1 N–H and O–H groups in total. The summed E-state index contributed by atoms with van der Waals surface area (Å²) in [6.45, 7) is 0.672. The highest BCUT2D eigenvalue weighted by Gasteiger charge is 2.25. The van der Waals surface area contributed by atoms with E-state index >= 15 is 0 Å². The molecule has 0 unspecified atom stereocenters. The molecule has 0 fully saturated rings. The van der Waals surface area contributed by atoms with Crippen LogP contribution in [0, 0.1) is 0 Å². The average Bonchev–Trinajstić information content (AvgIpc) is 3.18. The molecule has 2 amide bonds. The lowest BCUT2D eigenvalue weighted by atomic mass is 10.1. The van der Waals surface area contributed by atoms with Gasteiger partial charge < -0.3 is 15.0 Å². The zero-order valence-electron chi connectivity index (χ0n) is 15.8. The van der Waals surface area contributed by atoms with Gasteiger partial charge in [0.05, 0.1) is 12.7 Å². The van der Waals surface area contributed by atoms with Crippen molar-refractivity contribution in [2.75, 3.05) is 23.9 Å². The van der Waals surface area contributed by atoms with Crippen molar-refractivity contribution in [2.24, 2.45) is 0 Å². The number of fused-ring (bicyclic) bond motifs is 1. The van der Waals surface area contributed by atoms with Crippen LogP contribution in [0.1, 0.15) is 26.3 Å². The van der Waals surface area contributed by atoms with Crippen LogP contribution in [0.3, 0.4) is 0 Å². The highest BCUT2D eigenvalue weighted by atomic mass is 35.5. The van der Waals surface area contributed by atoms with E-state index < -0.39 is 0 Å². The van der Waals surface area contributed by atoms with Gasteiger partial charge >= 0.3 is 0 Å². The lowest BCUT2D eigenvalue weighted by Crippen LogP contribution is -2.28. The van der Waals surface area contributed by atoms with Crippen molar-refractivity contribution in [3.63, 3.8) is 0 Å². The summed E-state index contributed by atoms with van der Waals surface area (Å²) in [5.41, 5.74) is 3.63. The second kappa shape index (κ2) is 7.97. The lowest BCUT2D eigenvalue weighted by Gasteiger charge is -2.17. The van der Waals surface area contributed by atoms with Gasteiger partial charge in [-0.3, -0.25) is 9.59 Å². The van der Waals surface area contributed by atoms with Crippen LogP contribution < -0.4 is 15.0 Å². The smallest absolute Gasteiger partial charge is 0.259 e. The topological polar surface area (TPSA) is 58.6 Å². The Labute approximate surface area is 173 Å². The SMILES string of the molecule is COc1ccc(Cl)cc1C(=O)Nc1ccc(C(=O)N2CCc3ccccc32)cc1. The van der Waals surface area contributed by atoms with Crippen molar-refractivity contribution < 1.29 is 14.3 Å². The van der Waals surface area contributed by atoms with Gasteiger partial charge in [-0.2, -0.15) is 0 Å². The Bertz CT molecular complexity index is 1080. The molecule has 146 valence electrons. The van der Waals surface area contributed by atoms with E-state index in [1.54, 1.807) is 47.4 Å². The van der Waals surface area contributed by atoms with Crippen molar-refractivity contribution in [3.8, 4) is 5.75 Å². The normalized spacial score (nSPS) is 12.4. The van der Waals surface area contributed by atoms with Crippen LogP contribution in [0.15, 0.2) is 66.7 Å². The standard InChI is InChI=1S/C23H19ClN2O3/c1-29-21-11-8-17(24)14-19(21)22(27)25-18-9-6-16(7-10-18)23(28)26-13-12-15-4-2-3-5-20(15)26/h2-11,14H,12-13H2,1H3,(H,25,27). The molecule has 0 aromatic heterocycles. The summed E-state index contributed by atoms with van der Waals surface area (Å²) < 4.78 is 5.23. The lowest BCUT2D eigenvalue weighted by molar-refractivity contribution is 0.0988. The van der Waals surface area contributed by atoms with Crippen molar-refractivity contribution in [3.05, 3.63) is 88.4 Å². The number of carbonyl (C=O) groups excluding carboxylic acids is 2. The van der Waals surface area contributed by atoms with Crippen LogP contribution in [-0.2, 0) is 6.42 Å². The first-order valence-corrected chi connectivity index (χ1v) is 9.59. The predicted molar refractivity (Wildman–Crippen MR) is 114 cm³/mol. The van der Waals surface area contributed by atoms with Gasteiger partial charge in [-0.1, -0.05) is 29.8 Å². The van der Waals surface area contributed by atoms with E-state index in [0.29, 0.717) is 34.1 Å². The number of methoxy groups -OCH3 is 1. The Morgan fingerprint density at radius 2 is 1.79 bits per heavy atom. The van der Waals surface area contributed by atoms with Gasteiger partial charge in [-0.15, -0.1) is 0 Å². The van der Waals surface area contributed by atoms with Crippen molar-refractivity contribution >= 4 is 34.8 Å². The maximum atomic E-state index is 12.9. The number of anilines is 2. The molecule has 0 spiro atoms. The van der Waals surface area contributed by atoms with Crippen molar-refractivity contribution in [1.29, 1.82) is 0 Å². The molecule has 3 aromatic rings. The van der Waals surface area contributed by atoms with Crippen LogP contribution in [0.4, 0.5) is 11.4 Å². The minimum absolute atomic E-state index is 0.0515. The van der Waals surface area contributed by atoms with Gasteiger partial charge in [0.25, 0.3) is 11.8 Å². The Balaban J connectivity index is 1.49. The number of hydrogen-bond donors (Lipinski definition) is 1. The number of para-hydroxylation sites is 1. The van der Waals surface area contributed by atoms with E-state index in [-0.39, 0.29) is 11.8 Å². The second-order valence-electron chi connectivity index (χ2n) is 6.71. The molecule has 0 saturated heterocycles. The molecular weight excluding hydrogens is 388 g/mol. The Kier molecular flexibility index (Phi) is 5.23. The summed E-state index contributed by atoms with van der Waals surface area (Å²) in [6, 6.07) is 19.7. The summed E-state index contributed by atoms with van der Waals surface area (Å²) >= 11 is 6.00. The summed E-state index contributed by atoms with van der Waals surface area (Å²) in [4.78, 5) is 27.3. The molecule has 0 radical (unpaired) electrons. The molecule has 0 aliphatic carbocycles. The summed E-state index contributed by atoms with van der Waals surface area (Å²) in [5.74, 6) is 0.0487. The number of nitrogens with zero attached hydrogens (tertiary/aromatic N) is 1. The third-order valence-electron chi connectivity index (χ3n) is 4.93. The second-order valence-corrected chi connectivity index (χ2v) is 7.15. The number of hydrogen-bond acceptors (Lipinski definition) is 3. The van der Waals surface area contributed by atoms with Crippen LogP contribution in [0.5, 0.6) is 5.75 Å². The molecule has 3 aromatic carbocycles. The number of rotatable bonds is 4. The van der Waals surface area contributed by atoms with E-state index in [4.69, 9.17) is 16.3 Å². The molecule has 1 heterocycles. The zero-order valence-corrected chi connectivity index (χ0v) is 16.6. The highest BCUT2D eigenvalue weighted by Crippen LogP contribution is 2.29. The van der Waals surface area contributed by atoms with Crippen molar-refractivity contribution in [1.82, 2.24) is 0 Å². The van der Waals surface area contributed by atoms with E-state index in [0.717, 1.165) is 12.1 Å². The zero-order chi connectivity index (χ0) is 20.4. The van der Waals surface area contributed by atoms with Crippen LogP contribution in [0.25, 0.3) is 0 Å². The molecule has 1 aliphatic heterocycles. The van der Waals surface area contributed by atoms with E-state index in [9.17, 15) is 9.59 Å². The molecule has 0 atom stereocenters. The number of benzene rings is 3. The Hall–Kier alpha value is -3.31. The minimum atomic E-state index is -0.336. The fraction of sp³-hybridized carbons (Fsp3) is 0.130.